The SMILES string of the molecule is Cc1ncn2ncn(Cc3nc([C@@]45C6[C@H]4[C@H]5CN6c4cc(Cl)ccn4)no3)c(=O)c12. The first kappa shape index (κ1) is 16.5. The molecule has 8 rings (SSSR count). The summed E-state index contributed by atoms with van der Waals surface area (Å²) in [6.45, 7) is 2.88. The van der Waals surface area contributed by atoms with Crippen molar-refractivity contribution in [2.45, 2.75) is 24.9 Å². The van der Waals surface area contributed by atoms with Gasteiger partial charge in [0.25, 0.3) is 5.56 Å². The second kappa shape index (κ2) is 5.25. The minimum Gasteiger partial charge on any atom is -0.352 e. The lowest BCUT2D eigenvalue weighted by Gasteiger charge is -2.17. The van der Waals surface area contributed by atoms with Crippen molar-refractivity contribution >= 4 is 22.9 Å². The zero-order valence-electron chi connectivity index (χ0n) is 15.8. The molecule has 30 heavy (non-hydrogen) atoms. The van der Waals surface area contributed by atoms with Crippen molar-refractivity contribution in [2.24, 2.45) is 11.8 Å². The summed E-state index contributed by atoms with van der Waals surface area (Å²) in [5.74, 6) is 3.08. The van der Waals surface area contributed by atoms with Crippen LogP contribution in [0.25, 0.3) is 5.52 Å². The van der Waals surface area contributed by atoms with Gasteiger partial charge in [0, 0.05) is 29.7 Å². The number of anilines is 1. The number of nitrogens with zero attached hydrogens (tertiary/aromatic N) is 8. The molecule has 2 aliphatic heterocycles. The van der Waals surface area contributed by atoms with E-state index < -0.39 is 0 Å². The fraction of sp³-hybridized carbons (Fsp3) is 0.368. The Kier molecular flexibility index (Phi) is 2.89. The molecule has 4 aliphatic rings. The lowest BCUT2D eigenvalue weighted by atomic mass is 10.1. The third-order valence-electron chi connectivity index (χ3n) is 6.81. The van der Waals surface area contributed by atoms with Crippen molar-refractivity contribution in [2.75, 3.05) is 11.4 Å². The number of rotatable bonds is 4. The Morgan fingerprint density at radius 3 is 3.07 bits per heavy atom. The van der Waals surface area contributed by atoms with Crippen LogP contribution in [0, 0.1) is 18.8 Å². The number of pyridine rings is 1. The van der Waals surface area contributed by atoms with E-state index in [2.05, 4.69) is 30.1 Å². The van der Waals surface area contributed by atoms with Gasteiger partial charge in [-0.15, -0.1) is 0 Å². The summed E-state index contributed by atoms with van der Waals surface area (Å²) < 4.78 is 8.44. The zero-order chi connectivity index (χ0) is 20.2. The number of imidazole rings is 1. The second-order valence-corrected chi connectivity index (χ2v) is 8.63. The van der Waals surface area contributed by atoms with Gasteiger partial charge in [0.1, 0.15) is 25.0 Å². The number of hydrogen-bond acceptors (Lipinski definition) is 8. The van der Waals surface area contributed by atoms with Crippen LogP contribution in [0.4, 0.5) is 5.82 Å². The van der Waals surface area contributed by atoms with E-state index in [-0.39, 0.29) is 17.5 Å². The summed E-state index contributed by atoms with van der Waals surface area (Å²) in [6, 6.07) is 4.01. The van der Waals surface area contributed by atoms with E-state index in [9.17, 15) is 4.79 Å². The normalized spacial score (nSPS) is 28.2. The molecule has 2 bridgehead atoms. The fourth-order valence-corrected chi connectivity index (χ4v) is 5.50. The number of piperidine rings is 1. The monoisotopic (exact) mass is 422 g/mol. The molecule has 4 fully saturated rings. The van der Waals surface area contributed by atoms with E-state index in [0.717, 1.165) is 18.2 Å². The van der Waals surface area contributed by atoms with Crippen molar-refractivity contribution < 1.29 is 4.52 Å². The highest BCUT2D eigenvalue weighted by atomic mass is 35.5. The maximum Gasteiger partial charge on any atom is 0.280 e. The van der Waals surface area contributed by atoms with E-state index in [1.807, 2.05) is 6.07 Å². The highest BCUT2D eigenvalue weighted by Gasteiger charge is 2.95. The summed E-state index contributed by atoms with van der Waals surface area (Å²) >= 11 is 6.13. The van der Waals surface area contributed by atoms with Gasteiger partial charge in [-0.2, -0.15) is 10.1 Å². The van der Waals surface area contributed by atoms with Gasteiger partial charge in [0.05, 0.1) is 11.1 Å². The molecule has 0 aromatic carbocycles. The molecule has 4 atom stereocenters. The quantitative estimate of drug-likeness (QED) is 0.480. The number of halogens is 1. The summed E-state index contributed by atoms with van der Waals surface area (Å²) in [7, 11) is 0. The van der Waals surface area contributed by atoms with Crippen LogP contribution in [0.15, 0.2) is 40.3 Å². The molecule has 0 spiro atoms. The molecule has 4 aromatic rings. The largest absolute Gasteiger partial charge is 0.352 e. The first-order valence-corrected chi connectivity index (χ1v) is 10.1. The van der Waals surface area contributed by atoms with Crippen molar-refractivity contribution in [1.82, 2.24) is 34.3 Å². The molecule has 6 heterocycles. The second-order valence-electron chi connectivity index (χ2n) is 8.19. The number of hydrogen-bond donors (Lipinski definition) is 0. The van der Waals surface area contributed by atoms with Gasteiger partial charge < -0.3 is 9.42 Å². The molecule has 11 heteroatoms. The molecule has 1 unspecified atom stereocenters. The fourth-order valence-electron chi connectivity index (χ4n) is 5.35. The van der Waals surface area contributed by atoms with Crippen LogP contribution in [0.2, 0.25) is 5.02 Å². The van der Waals surface area contributed by atoms with Crippen LogP contribution in [-0.2, 0) is 12.0 Å². The summed E-state index contributed by atoms with van der Waals surface area (Å²) in [6.07, 6.45) is 4.72. The smallest absolute Gasteiger partial charge is 0.280 e. The summed E-state index contributed by atoms with van der Waals surface area (Å²) in [4.78, 5) is 28.3. The van der Waals surface area contributed by atoms with Gasteiger partial charge in [-0.05, 0) is 25.0 Å². The Bertz CT molecular complexity index is 1400. The first-order chi connectivity index (χ1) is 14.6. The predicted molar refractivity (Wildman–Crippen MR) is 104 cm³/mol. The van der Waals surface area contributed by atoms with Crippen LogP contribution in [0.1, 0.15) is 17.4 Å². The highest BCUT2D eigenvalue weighted by Crippen LogP contribution is 2.85. The number of aromatic nitrogens is 7. The van der Waals surface area contributed by atoms with Crippen molar-refractivity contribution in [3.05, 3.63) is 63.8 Å². The van der Waals surface area contributed by atoms with Gasteiger partial charge in [-0.1, -0.05) is 16.8 Å². The first-order valence-electron chi connectivity index (χ1n) is 9.69. The Morgan fingerprint density at radius 1 is 1.33 bits per heavy atom. The zero-order valence-corrected chi connectivity index (χ0v) is 16.6. The maximum atomic E-state index is 12.7. The van der Waals surface area contributed by atoms with E-state index >= 15 is 0 Å². The molecular weight excluding hydrogens is 408 g/mol. The minimum absolute atomic E-state index is 0.0407. The molecule has 0 radical (unpaired) electrons. The van der Waals surface area contributed by atoms with Crippen LogP contribution in [-0.4, -0.2) is 46.9 Å². The lowest BCUT2D eigenvalue weighted by molar-refractivity contribution is 0.361. The molecule has 150 valence electrons. The Balaban J connectivity index is 1.17. The molecule has 10 nitrogen and oxygen atoms in total. The predicted octanol–water partition coefficient (Wildman–Crippen LogP) is 1.07. The Morgan fingerprint density at radius 2 is 2.23 bits per heavy atom. The number of fused-ring (bicyclic) bond motifs is 2. The maximum absolute atomic E-state index is 12.7. The van der Waals surface area contributed by atoms with Crippen molar-refractivity contribution in [3.8, 4) is 0 Å². The molecule has 0 amide bonds. The van der Waals surface area contributed by atoms with Crippen LogP contribution >= 0.6 is 11.6 Å². The van der Waals surface area contributed by atoms with E-state index in [4.69, 9.17) is 16.1 Å². The molecule has 4 aromatic heterocycles. The van der Waals surface area contributed by atoms with E-state index in [1.54, 1.807) is 19.2 Å². The third-order valence-corrected chi connectivity index (χ3v) is 7.05. The molecular formula is C19H15ClN8O2. The van der Waals surface area contributed by atoms with E-state index in [0.29, 0.717) is 40.0 Å². The van der Waals surface area contributed by atoms with Gasteiger partial charge in [-0.25, -0.2) is 14.5 Å². The standard InChI is InChI=1S/C19H15ClN8O2/c1-9-15-17(29)26(8-23-28(15)7-22-9)6-13-24-18(25-30-13)19-11-5-27(16(19)14(11)19)12-4-10(20)2-3-21-12/h2-4,7-8,11,14,16H,5-6H2,1H3/t11-,14-,16?,19-/m1/s1. The highest BCUT2D eigenvalue weighted by molar-refractivity contribution is 6.30. The number of aryl methyl sites for hydroxylation is 1. The lowest BCUT2D eigenvalue weighted by Crippen LogP contribution is -2.24. The molecule has 2 aliphatic carbocycles. The Hall–Kier alpha value is -3.27. The van der Waals surface area contributed by atoms with Crippen LogP contribution in [0.3, 0.4) is 0 Å². The average Bonchev–Trinajstić information content (AvgIpc) is 3.21. The Labute approximate surface area is 174 Å². The summed E-state index contributed by atoms with van der Waals surface area (Å²) in [5.41, 5.74) is 0.855. The average molecular weight is 423 g/mol. The van der Waals surface area contributed by atoms with E-state index in [1.165, 1.54) is 21.7 Å². The van der Waals surface area contributed by atoms with Crippen molar-refractivity contribution in [3.63, 3.8) is 0 Å². The van der Waals surface area contributed by atoms with Crippen LogP contribution in [0.5, 0.6) is 0 Å². The van der Waals surface area contributed by atoms with Gasteiger partial charge in [-0.3, -0.25) is 9.36 Å². The molecule has 2 saturated carbocycles. The molecule has 2 saturated heterocycles. The topological polar surface area (TPSA) is 107 Å². The molecule has 0 N–H and O–H groups in total. The van der Waals surface area contributed by atoms with Gasteiger partial charge >= 0.3 is 0 Å². The summed E-state index contributed by atoms with van der Waals surface area (Å²) in [5, 5.41) is 9.16. The third kappa shape index (κ3) is 1.89. The van der Waals surface area contributed by atoms with Gasteiger partial charge in [0.15, 0.2) is 11.3 Å². The van der Waals surface area contributed by atoms with Crippen LogP contribution < -0.4 is 10.5 Å². The van der Waals surface area contributed by atoms with Gasteiger partial charge in [0.2, 0.25) is 5.89 Å². The minimum atomic E-state index is -0.188. The van der Waals surface area contributed by atoms with Crippen molar-refractivity contribution in [1.29, 1.82) is 0 Å².